The largest absolute Gasteiger partial charge is 0.378 e. The van der Waals surface area contributed by atoms with Gasteiger partial charge in [0.1, 0.15) is 12.6 Å². The first kappa shape index (κ1) is 31.8. The normalized spacial score (nSPS) is 12.5. The number of carbonyl (C=O) groups excluding carboxylic acids is 2. The number of ether oxygens (including phenoxy) is 2. The fourth-order valence-electron chi connectivity index (χ4n) is 3.17. The van der Waals surface area contributed by atoms with Crippen LogP contribution in [0.25, 0.3) is 0 Å². The first-order valence-corrected chi connectivity index (χ1v) is 14.0. The highest BCUT2D eigenvalue weighted by molar-refractivity contribution is 7.89. The number of benzene rings is 2. The van der Waals surface area contributed by atoms with Crippen molar-refractivity contribution in [3.63, 3.8) is 0 Å². The lowest BCUT2D eigenvalue weighted by Gasteiger charge is -2.21. The molecule has 214 valence electrons. The molecule has 2 aromatic rings. The molecule has 3 N–H and O–H groups in total. The maximum atomic E-state index is 13.0. The van der Waals surface area contributed by atoms with E-state index in [0.717, 1.165) is 5.69 Å². The van der Waals surface area contributed by atoms with Crippen molar-refractivity contribution in [2.75, 3.05) is 59.0 Å². The van der Waals surface area contributed by atoms with Crippen molar-refractivity contribution in [2.45, 2.75) is 24.8 Å². The molecule has 0 spiro atoms. The van der Waals surface area contributed by atoms with Crippen LogP contribution in [0.2, 0.25) is 0 Å². The smallest absolute Gasteiger partial charge is 0.245 e. The maximum Gasteiger partial charge on any atom is 0.245 e. The van der Waals surface area contributed by atoms with Crippen LogP contribution in [0.4, 0.5) is 17.1 Å². The van der Waals surface area contributed by atoms with Crippen molar-refractivity contribution in [3.05, 3.63) is 48.5 Å². The fourth-order valence-corrected chi connectivity index (χ4v) is 4.51. The Balaban J connectivity index is 1.87. The summed E-state index contributed by atoms with van der Waals surface area (Å²) < 4.78 is 38.9. The summed E-state index contributed by atoms with van der Waals surface area (Å²) >= 11 is 0. The van der Waals surface area contributed by atoms with E-state index in [1.807, 2.05) is 43.3 Å². The number of carbonyl (C=O) groups is 2. The Hall–Kier alpha value is -3.39. The van der Waals surface area contributed by atoms with Crippen LogP contribution in [0.5, 0.6) is 0 Å². The highest BCUT2D eigenvalue weighted by Gasteiger charge is 2.28. The van der Waals surface area contributed by atoms with Crippen LogP contribution < -0.4 is 20.3 Å². The first-order chi connectivity index (χ1) is 18.5. The van der Waals surface area contributed by atoms with E-state index in [1.54, 1.807) is 26.0 Å². The van der Waals surface area contributed by atoms with Crippen molar-refractivity contribution in [1.82, 2.24) is 15.4 Å². The van der Waals surface area contributed by atoms with Gasteiger partial charge >= 0.3 is 0 Å². The molecule has 2 amide bonds. The number of anilines is 1. The first-order valence-electron chi connectivity index (χ1n) is 12.5. The van der Waals surface area contributed by atoms with Gasteiger partial charge in [0, 0.05) is 33.4 Å². The van der Waals surface area contributed by atoms with Crippen LogP contribution in [0.15, 0.2) is 63.7 Å². The van der Waals surface area contributed by atoms with E-state index in [2.05, 4.69) is 25.6 Å². The molecule has 0 aromatic heterocycles. The molecule has 0 aliphatic rings. The van der Waals surface area contributed by atoms with Gasteiger partial charge in [-0.2, -0.15) is 15.0 Å². The van der Waals surface area contributed by atoms with E-state index in [9.17, 15) is 18.0 Å². The fraction of sp³-hybridized carbons (Fsp3) is 0.462. The van der Waals surface area contributed by atoms with Crippen LogP contribution in [-0.4, -0.2) is 80.4 Å². The summed E-state index contributed by atoms with van der Waals surface area (Å²) in [4.78, 5) is 25.7. The minimum absolute atomic E-state index is 0.00956. The van der Waals surface area contributed by atoms with Crippen LogP contribution >= 0.6 is 0 Å². The quantitative estimate of drug-likeness (QED) is 0.210. The van der Waals surface area contributed by atoms with E-state index in [-0.39, 0.29) is 49.7 Å². The van der Waals surface area contributed by atoms with Gasteiger partial charge in [-0.25, -0.2) is 8.42 Å². The molecule has 0 bridgehead atoms. The number of likely N-dealkylation sites (N-methyl/N-ethyl adjacent to an activating group) is 1. The monoisotopic (exact) mass is 562 g/mol. The summed E-state index contributed by atoms with van der Waals surface area (Å²) in [7, 11) is 1.45. The van der Waals surface area contributed by atoms with Crippen molar-refractivity contribution in [2.24, 2.45) is 16.1 Å². The number of hydrogen-bond donors (Lipinski definition) is 3. The molecule has 0 aliphatic carbocycles. The Morgan fingerprint density at radius 3 is 2.00 bits per heavy atom. The molecule has 13 heteroatoms. The third kappa shape index (κ3) is 11.1. The van der Waals surface area contributed by atoms with Gasteiger partial charge in [0.15, 0.2) is 0 Å². The summed E-state index contributed by atoms with van der Waals surface area (Å²) in [5.74, 6) is -0.989. The van der Waals surface area contributed by atoms with E-state index in [0.29, 0.717) is 11.4 Å². The van der Waals surface area contributed by atoms with Gasteiger partial charge in [0.2, 0.25) is 21.8 Å². The van der Waals surface area contributed by atoms with E-state index in [4.69, 9.17) is 9.47 Å². The molecular weight excluding hydrogens is 524 g/mol. The second kappa shape index (κ2) is 15.9. The van der Waals surface area contributed by atoms with Gasteiger partial charge < -0.3 is 25.0 Å². The SMILES string of the molecule is CNC(=O)COCCOCCNC(=O)[C@H](NS(=O)(=O)c1ccc(N=Nc2ccc(N(C)C)cc2)cc1)C(C)C. The molecule has 0 unspecified atom stereocenters. The van der Waals surface area contributed by atoms with Crippen LogP contribution in [0, 0.1) is 5.92 Å². The molecule has 0 fully saturated rings. The molecular formula is C26H38N6O6S. The summed E-state index contributed by atoms with van der Waals surface area (Å²) in [6.45, 7) is 4.35. The number of nitrogens with zero attached hydrogens (tertiary/aromatic N) is 3. The second-order valence-electron chi connectivity index (χ2n) is 9.08. The third-order valence-corrected chi connectivity index (χ3v) is 6.91. The van der Waals surface area contributed by atoms with Gasteiger partial charge in [-0.05, 0) is 54.4 Å². The van der Waals surface area contributed by atoms with Gasteiger partial charge in [0.05, 0.1) is 36.1 Å². The number of sulfonamides is 1. The standard InChI is InChI=1S/C26H38N6O6S/c1-19(2)25(26(34)28-14-15-37-16-17-38-18-24(33)27-3)31-39(35,36)23-12-8-21(9-13-23)30-29-20-6-10-22(11-7-20)32(4)5/h6-13,19,25,31H,14-18H2,1-5H3,(H,27,33)(H,28,34)/t25-/m1/s1. The van der Waals surface area contributed by atoms with Gasteiger partial charge in [0.25, 0.3) is 0 Å². The summed E-state index contributed by atoms with van der Waals surface area (Å²) in [6, 6.07) is 12.5. The topological polar surface area (TPSA) is 151 Å². The zero-order valence-electron chi connectivity index (χ0n) is 23.0. The Morgan fingerprint density at radius 1 is 0.897 bits per heavy atom. The Morgan fingerprint density at radius 2 is 1.46 bits per heavy atom. The molecule has 0 saturated heterocycles. The number of azo groups is 1. The summed E-state index contributed by atoms with van der Waals surface area (Å²) in [5.41, 5.74) is 2.20. The lowest BCUT2D eigenvalue weighted by molar-refractivity contribution is -0.126. The molecule has 0 radical (unpaired) electrons. The molecule has 2 rings (SSSR count). The third-order valence-electron chi connectivity index (χ3n) is 5.45. The number of nitrogens with one attached hydrogen (secondary N) is 3. The lowest BCUT2D eigenvalue weighted by Crippen LogP contribution is -2.50. The van der Waals surface area contributed by atoms with Gasteiger partial charge in [-0.15, -0.1) is 0 Å². The number of rotatable bonds is 16. The molecule has 12 nitrogen and oxygen atoms in total. The van der Waals surface area contributed by atoms with E-state index >= 15 is 0 Å². The zero-order chi connectivity index (χ0) is 28.8. The van der Waals surface area contributed by atoms with Crippen LogP contribution in [0.1, 0.15) is 13.8 Å². The van der Waals surface area contributed by atoms with Crippen molar-refractivity contribution < 1.29 is 27.5 Å². The van der Waals surface area contributed by atoms with Crippen LogP contribution in [0.3, 0.4) is 0 Å². The zero-order valence-corrected chi connectivity index (χ0v) is 23.8. The number of hydrogen-bond acceptors (Lipinski definition) is 9. The summed E-state index contributed by atoms with van der Waals surface area (Å²) in [6.07, 6.45) is 0. The second-order valence-corrected chi connectivity index (χ2v) is 10.8. The predicted molar refractivity (Wildman–Crippen MR) is 149 cm³/mol. The summed E-state index contributed by atoms with van der Waals surface area (Å²) in [5, 5.41) is 13.5. The van der Waals surface area contributed by atoms with Gasteiger partial charge in [-0.1, -0.05) is 13.8 Å². The average Bonchev–Trinajstić information content (AvgIpc) is 2.92. The molecule has 0 saturated carbocycles. The molecule has 0 heterocycles. The molecule has 1 atom stereocenters. The number of amides is 2. The predicted octanol–water partition coefficient (Wildman–Crippen LogP) is 2.37. The van der Waals surface area contributed by atoms with E-state index < -0.39 is 22.0 Å². The van der Waals surface area contributed by atoms with Crippen molar-refractivity contribution in [3.8, 4) is 0 Å². The highest BCUT2D eigenvalue weighted by Crippen LogP contribution is 2.22. The maximum absolute atomic E-state index is 13.0. The van der Waals surface area contributed by atoms with Crippen molar-refractivity contribution >= 4 is 38.9 Å². The average molecular weight is 563 g/mol. The Kier molecular flexibility index (Phi) is 13.0. The minimum atomic E-state index is -3.97. The highest BCUT2D eigenvalue weighted by atomic mass is 32.2. The van der Waals surface area contributed by atoms with E-state index in [1.165, 1.54) is 19.2 Å². The molecule has 0 aliphatic heterocycles. The minimum Gasteiger partial charge on any atom is -0.378 e. The molecule has 2 aromatic carbocycles. The Bertz CT molecular complexity index is 1180. The van der Waals surface area contributed by atoms with Gasteiger partial charge in [-0.3, -0.25) is 9.59 Å². The van der Waals surface area contributed by atoms with Crippen LogP contribution in [-0.2, 0) is 29.1 Å². The lowest BCUT2D eigenvalue weighted by atomic mass is 10.1. The molecule has 39 heavy (non-hydrogen) atoms. The Labute approximate surface area is 230 Å². The van der Waals surface area contributed by atoms with Crippen molar-refractivity contribution in [1.29, 1.82) is 0 Å².